The van der Waals surface area contributed by atoms with Gasteiger partial charge in [-0.1, -0.05) is 23.4 Å². The molecule has 6 atom stereocenters. The van der Waals surface area contributed by atoms with Crippen LogP contribution in [0.1, 0.15) is 49.1 Å². The zero-order valence-corrected chi connectivity index (χ0v) is 27.8. The topological polar surface area (TPSA) is 134 Å². The molecule has 50 heavy (non-hydrogen) atoms. The van der Waals surface area contributed by atoms with E-state index in [1.54, 1.807) is 0 Å². The van der Waals surface area contributed by atoms with Gasteiger partial charge in [-0.05, 0) is 49.7 Å². The normalized spacial score (nSPS) is 24.4. The van der Waals surface area contributed by atoms with Crippen LogP contribution in [-0.4, -0.2) is 88.2 Å². The van der Waals surface area contributed by atoms with E-state index >= 15 is 0 Å². The molecule has 0 saturated carbocycles. The van der Waals surface area contributed by atoms with Crippen LogP contribution in [0.3, 0.4) is 0 Å². The Morgan fingerprint density at radius 3 is 2.36 bits per heavy atom. The molecule has 3 aromatic rings. The molecule has 2 N–H and O–H groups in total. The number of nitrogens with zero attached hydrogens (tertiary/aromatic N) is 3. The number of hydrogen-bond acceptors (Lipinski definition) is 11. The van der Waals surface area contributed by atoms with Crippen molar-refractivity contribution in [1.82, 2.24) is 20.3 Å². The summed E-state index contributed by atoms with van der Waals surface area (Å²) in [6.07, 6.45) is -7.15. The third kappa shape index (κ3) is 8.09. The number of methoxy groups -OCH3 is 1. The number of rotatable bonds is 10. The molecule has 2 fully saturated rings. The van der Waals surface area contributed by atoms with E-state index in [9.17, 15) is 41.0 Å². The van der Waals surface area contributed by atoms with Gasteiger partial charge in [0.15, 0.2) is 23.6 Å². The summed E-state index contributed by atoms with van der Waals surface area (Å²) < 4.78 is 109. The molecule has 1 aromatic heterocycles. The van der Waals surface area contributed by atoms with Crippen molar-refractivity contribution in [3.63, 3.8) is 0 Å². The van der Waals surface area contributed by atoms with Crippen LogP contribution < -0.4 is 5.32 Å². The van der Waals surface area contributed by atoms with Gasteiger partial charge in [-0.3, -0.25) is 9.59 Å². The molecular formula is C32H34F6N4O7S. The molecule has 2 aliphatic rings. The highest BCUT2D eigenvalue weighted by Gasteiger charge is 2.53. The molecular weight excluding hydrogens is 698 g/mol. The van der Waals surface area contributed by atoms with Crippen molar-refractivity contribution in [3.8, 4) is 11.3 Å². The average molecular weight is 733 g/mol. The van der Waals surface area contributed by atoms with Crippen molar-refractivity contribution < 1.29 is 60.0 Å². The Kier molecular flexibility index (Phi) is 11.5. The average Bonchev–Trinajstić information content (AvgIpc) is 3.55. The van der Waals surface area contributed by atoms with Gasteiger partial charge in [0, 0.05) is 26.5 Å². The van der Waals surface area contributed by atoms with Crippen molar-refractivity contribution in [1.29, 1.82) is 0 Å². The Morgan fingerprint density at radius 1 is 1.10 bits per heavy atom. The molecule has 272 valence electrons. The summed E-state index contributed by atoms with van der Waals surface area (Å²) in [6, 6.07) is 5.09. The zero-order valence-electron chi connectivity index (χ0n) is 27.0. The smallest absolute Gasteiger partial charge is 0.416 e. The first-order valence-electron chi connectivity index (χ1n) is 15.4. The summed E-state index contributed by atoms with van der Waals surface area (Å²) in [6.45, 7) is 2.40. The lowest BCUT2D eigenvalue weighted by Crippen LogP contribution is -2.58. The van der Waals surface area contributed by atoms with Crippen LogP contribution in [0, 0.1) is 17.5 Å². The van der Waals surface area contributed by atoms with Crippen LogP contribution in [0.25, 0.3) is 11.3 Å². The van der Waals surface area contributed by atoms with Crippen LogP contribution in [0.2, 0.25) is 0 Å². The quantitative estimate of drug-likeness (QED) is 0.170. The van der Waals surface area contributed by atoms with Crippen molar-refractivity contribution in [2.24, 2.45) is 0 Å². The fraction of sp³-hybridized carbons (Fsp3) is 0.500. The molecule has 3 heterocycles. The number of hydrogen-bond donors (Lipinski definition) is 2. The fourth-order valence-electron chi connectivity index (χ4n) is 6.21. The van der Waals surface area contributed by atoms with Crippen molar-refractivity contribution >= 4 is 23.7 Å². The maximum atomic E-state index is 14.4. The summed E-state index contributed by atoms with van der Waals surface area (Å²) >= 11 is 0.845. The molecule has 0 radical (unpaired) electrons. The number of ether oxygens (including phenoxy) is 4. The molecule has 2 aliphatic heterocycles. The standard InChI is InChI=1S/C32H34F6N4O7S/c1-16(43)47-15-24-27(48-17(2)44)26(42-14-23(40-41-42)18-12-21(33)25(35)22(34)13-18)28(46-3)30(49-24)50-29(31(45)8-10-39-11-9-31)19-6-4-5-7-20(19)32(36,37)38/h4-7,12-14,24,26-30,39,45H,8-11,15H2,1-3H3/t24-,26+,27+,28-,29?,30+/m1/s1. The first kappa shape index (κ1) is 37.5. The predicted octanol–water partition coefficient (Wildman–Crippen LogP) is 4.75. The third-order valence-corrected chi connectivity index (χ3v) is 10.1. The Bertz CT molecular complexity index is 1670. The van der Waals surface area contributed by atoms with E-state index in [0.717, 1.165) is 36.4 Å². The Labute approximate surface area is 286 Å². The lowest BCUT2D eigenvalue weighted by molar-refractivity contribution is -0.208. The number of carbonyl (C=O) groups excluding carboxylic acids is 2. The van der Waals surface area contributed by atoms with Crippen molar-refractivity contribution in [2.75, 3.05) is 26.8 Å². The van der Waals surface area contributed by atoms with Crippen molar-refractivity contribution in [2.45, 2.75) is 73.5 Å². The number of benzene rings is 2. The number of carbonyl (C=O) groups is 2. The van der Waals surface area contributed by atoms with E-state index in [1.165, 1.54) is 31.5 Å². The van der Waals surface area contributed by atoms with Gasteiger partial charge in [0.05, 0.1) is 22.6 Å². The van der Waals surface area contributed by atoms with Crippen LogP contribution in [0.5, 0.6) is 0 Å². The maximum Gasteiger partial charge on any atom is 0.416 e. The fourth-order valence-corrected chi connectivity index (χ4v) is 7.96. The minimum Gasteiger partial charge on any atom is -0.463 e. The van der Waals surface area contributed by atoms with Crippen LogP contribution in [-0.2, 0) is 34.7 Å². The van der Waals surface area contributed by atoms with E-state index in [2.05, 4.69) is 15.6 Å². The largest absolute Gasteiger partial charge is 0.463 e. The van der Waals surface area contributed by atoms with E-state index in [-0.39, 0.29) is 29.7 Å². The molecule has 0 bridgehead atoms. The van der Waals surface area contributed by atoms with Gasteiger partial charge in [0.25, 0.3) is 0 Å². The van der Waals surface area contributed by atoms with Gasteiger partial charge >= 0.3 is 18.1 Å². The van der Waals surface area contributed by atoms with E-state index in [4.69, 9.17) is 18.9 Å². The van der Waals surface area contributed by atoms with Gasteiger partial charge in [0.2, 0.25) is 0 Å². The predicted molar refractivity (Wildman–Crippen MR) is 165 cm³/mol. The Morgan fingerprint density at radius 2 is 1.76 bits per heavy atom. The summed E-state index contributed by atoms with van der Waals surface area (Å²) in [5, 5.41) is 21.9. The second-order valence-electron chi connectivity index (χ2n) is 11.9. The third-order valence-electron chi connectivity index (χ3n) is 8.51. The summed E-state index contributed by atoms with van der Waals surface area (Å²) in [7, 11) is 1.27. The van der Waals surface area contributed by atoms with Gasteiger partial charge in [-0.25, -0.2) is 17.9 Å². The maximum absolute atomic E-state index is 14.4. The molecule has 1 unspecified atom stereocenters. The monoisotopic (exact) mass is 732 g/mol. The van der Waals surface area contributed by atoms with Crippen LogP contribution in [0.4, 0.5) is 26.3 Å². The molecule has 0 spiro atoms. The number of nitrogens with one attached hydrogen (secondary N) is 1. The van der Waals surface area contributed by atoms with Gasteiger partial charge in [0.1, 0.15) is 36.0 Å². The van der Waals surface area contributed by atoms with Crippen molar-refractivity contribution in [3.05, 3.63) is 71.2 Å². The first-order valence-corrected chi connectivity index (χ1v) is 16.4. The number of aromatic nitrogens is 3. The van der Waals surface area contributed by atoms with Crippen LogP contribution in [0.15, 0.2) is 42.6 Å². The van der Waals surface area contributed by atoms with E-state index in [0.29, 0.717) is 25.2 Å². The molecule has 11 nitrogen and oxygen atoms in total. The summed E-state index contributed by atoms with van der Waals surface area (Å²) in [5.74, 6) is -6.15. The minimum absolute atomic E-state index is 0.0921. The van der Waals surface area contributed by atoms with E-state index in [1.807, 2.05) is 0 Å². The number of thioether (sulfide) groups is 1. The number of esters is 2. The number of alkyl halides is 3. The Hall–Kier alpha value is -3.71. The summed E-state index contributed by atoms with van der Waals surface area (Å²) in [5.41, 5.74) is -4.37. The Balaban J connectivity index is 1.62. The first-order chi connectivity index (χ1) is 23.6. The lowest BCUT2D eigenvalue weighted by Gasteiger charge is -2.47. The summed E-state index contributed by atoms with van der Waals surface area (Å²) in [4.78, 5) is 24.3. The molecule has 2 aromatic carbocycles. The van der Waals surface area contributed by atoms with Gasteiger partial charge in [-0.15, -0.1) is 16.9 Å². The lowest BCUT2D eigenvalue weighted by atomic mass is 9.84. The van der Waals surface area contributed by atoms with Gasteiger partial charge in [-0.2, -0.15) is 13.2 Å². The zero-order chi connectivity index (χ0) is 36.4. The van der Waals surface area contributed by atoms with E-state index < -0.39 is 88.4 Å². The number of piperidine rings is 1. The van der Waals surface area contributed by atoms with Crippen LogP contribution >= 0.6 is 11.8 Å². The molecule has 18 heteroatoms. The highest BCUT2D eigenvalue weighted by Crippen LogP contribution is 2.52. The number of aliphatic hydroxyl groups is 1. The highest BCUT2D eigenvalue weighted by molar-refractivity contribution is 8.00. The molecule has 0 aliphatic carbocycles. The number of halogens is 6. The highest BCUT2D eigenvalue weighted by atomic mass is 32.2. The minimum atomic E-state index is -4.77. The molecule has 5 rings (SSSR count). The molecule has 2 saturated heterocycles. The van der Waals surface area contributed by atoms with Gasteiger partial charge < -0.3 is 29.4 Å². The second kappa shape index (κ2) is 15.3. The SMILES string of the molecule is CO[C@@H]1[C@@H](n2cc(-c3cc(F)c(F)c(F)c3)nn2)[C@@H](OC(C)=O)[C@@H](COC(C)=O)O[C@H]1SC(c1ccccc1C(F)(F)F)C1(O)CCNCC1. The second-order valence-corrected chi connectivity index (χ2v) is 13.1. The molecule has 0 amide bonds.